The van der Waals surface area contributed by atoms with Gasteiger partial charge in [0.15, 0.2) is 0 Å². The predicted octanol–water partition coefficient (Wildman–Crippen LogP) is 2.02. The van der Waals surface area contributed by atoms with Crippen molar-refractivity contribution in [2.75, 3.05) is 19.6 Å². The van der Waals surface area contributed by atoms with Crippen molar-refractivity contribution < 1.29 is 4.79 Å². The zero-order valence-electron chi connectivity index (χ0n) is 13.0. The number of rotatable bonds is 6. The van der Waals surface area contributed by atoms with Gasteiger partial charge < -0.3 is 16.4 Å². The van der Waals surface area contributed by atoms with E-state index in [1.54, 1.807) is 6.92 Å². The summed E-state index contributed by atoms with van der Waals surface area (Å²) < 4.78 is 0. The van der Waals surface area contributed by atoms with E-state index in [2.05, 4.69) is 4.90 Å². The molecule has 1 aliphatic carbocycles. The molecule has 1 saturated carbocycles. The van der Waals surface area contributed by atoms with Crippen molar-refractivity contribution >= 4 is 5.91 Å². The lowest BCUT2D eigenvalue weighted by atomic mass is 9.77. The van der Waals surface area contributed by atoms with E-state index in [9.17, 15) is 4.79 Å². The number of amides is 1. The molecular formula is C16H31N3O. The van der Waals surface area contributed by atoms with Crippen LogP contribution in [0, 0.1) is 5.41 Å². The van der Waals surface area contributed by atoms with Gasteiger partial charge in [-0.3, -0.25) is 4.79 Å². The van der Waals surface area contributed by atoms with Crippen LogP contribution in [0.5, 0.6) is 0 Å². The molecule has 1 amide bonds. The van der Waals surface area contributed by atoms with Crippen molar-refractivity contribution in [2.45, 2.75) is 70.3 Å². The maximum absolute atomic E-state index is 11.1. The maximum atomic E-state index is 11.1. The van der Waals surface area contributed by atoms with E-state index < -0.39 is 11.4 Å². The van der Waals surface area contributed by atoms with Crippen LogP contribution in [0.25, 0.3) is 0 Å². The number of nitrogens with zero attached hydrogens (tertiary/aromatic N) is 1. The van der Waals surface area contributed by atoms with Crippen molar-refractivity contribution in [3.05, 3.63) is 0 Å². The molecule has 0 radical (unpaired) electrons. The average molecular weight is 281 g/mol. The van der Waals surface area contributed by atoms with Gasteiger partial charge in [0, 0.05) is 0 Å². The number of hydrogen-bond donors (Lipinski definition) is 2. The van der Waals surface area contributed by atoms with Crippen molar-refractivity contribution in [3.63, 3.8) is 0 Å². The summed E-state index contributed by atoms with van der Waals surface area (Å²) in [6.07, 6.45) is 11.4. The fraction of sp³-hybridized carbons (Fsp3) is 0.938. The molecule has 1 saturated heterocycles. The number of hydrogen-bond acceptors (Lipinski definition) is 3. The van der Waals surface area contributed by atoms with Crippen molar-refractivity contribution in [1.29, 1.82) is 0 Å². The van der Waals surface area contributed by atoms with Crippen LogP contribution in [0.2, 0.25) is 0 Å². The summed E-state index contributed by atoms with van der Waals surface area (Å²) in [5.74, 6) is -0.390. The van der Waals surface area contributed by atoms with E-state index >= 15 is 0 Å². The van der Waals surface area contributed by atoms with E-state index in [1.165, 1.54) is 51.6 Å². The minimum atomic E-state index is -0.837. The molecule has 2 fully saturated rings. The van der Waals surface area contributed by atoms with E-state index in [0.717, 1.165) is 19.4 Å². The first kappa shape index (κ1) is 15.8. The second-order valence-electron chi connectivity index (χ2n) is 7.29. The highest BCUT2D eigenvalue weighted by Crippen LogP contribution is 2.46. The van der Waals surface area contributed by atoms with E-state index in [0.29, 0.717) is 11.8 Å². The Morgan fingerprint density at radius 2 is 1.75 bits per heavy atom. The lowest BCUT2D eigenvalue weighted by Crippen LogP contribution is -2.49. The lowest BCUT2D eigenvalue weighted by Gasteiger charge is -2.39. The summed E-state index contributed by atoms with van der Waals surface area (Å²) in [6, 6.07) is 0. The number of nitrogens with two attached hydrogens (primary N) is 2. The van der Waals surface area contributed by atoms with Gasteiger partial charge in [0.1, 0.15) is 0 Å². The first-order chi connectivity index (χ1) is 9.44. The number of piperidine rings is 1. The molecule has 4 nitrogen and oxygen atoms in total. The van der Waals surface area contributed by atoms with Gasteiger partial charge in [0.25, 0.3) is 0 Å². The van der Waals surface area contributed by atoms with Crippen LogP contribution in [0.4, 0.5) is 0 Å². The Morgan fingerprint density at radius 1 is 1.15 bits per heavy atom. The van der Waals surface area contributed by atoms with Crippen LogP contribution in [0.15, 0.2) is 0 Å². The van der Waals surface area contributed by atoms with Crippen molar-refractivity contribution in [3.8, 4) is 0 Å². The van der Waals surface area contributed by atoms with Crippen LogP contribution < -0.4 is 11.5 Å². The van der Waals surface area contributed by atoms with E-state index in [1.807, 2.05) is 0 Å². The Labute approximate surface area is 123 Å². The quantitative estimate of drug-likeness (QED) is 0.732. The van der Waals surface area contributed by atoms with Crippen molar-refractivity contribution in [1.82, 2.24) is 4.90 Å². The van der Waals surface area contributed by atoms with Crippen LogP contribution in [-0.4, -0.2) is 36.0 Å². The van der Waals surface area contributed by atoms with Gasteiger partial charge in [-0.25, -0.2) is 0 Å². The maximum Gasteiger partial charge on any atom is 0.237 e. The second kappa shape index (κ2) is 6.44. The first-order valence-electron chi connectivity index (χ1n) is 8.25. The normalized spacial score (nSPS) is 25.7. The fourth-order valence-corrected chi connectivity index (χ4v) is 3.83. The van der Waals surface area contributed by atoms with Gasteiger partial charge in [0.05, 0.1) is 5.54 Å². The number of carbonyl (C=O) groups excluding carboxylic acids is 1. The highest BCUT2D eigenvalue weighted by atomic mass is 16.1. The number of likely N-dealkylation sites (tertiary alicyclic amines) is 1. The van der Waals surface area contributed by atoms with Gasteiger partial charge in [-0.1, -0.05) is 12.8 Å². The summed E-state index contributed by atoms with van der Waals surface area (Å²) in [6.45, 7) is 5.40. The molecule has 0 aromatic carbocycles. The summed E-state index contributed by atoms with van der Waals surface area (Å²) in [4.78, 5) is 13.7. The molecule has 4 heteroatoms. The number of carbonyl (C=O) groups is 1. The molecule has 0 aromatic heterocycles. The minimum absolute atomic E-state index is 0.390. The molecule has 1 aliphatic heterocycles. The van der Waals surface area contributed by atoms with Crippen molar-refractivity contribution in [2.24, 2.45) is 16.9 Å². The average Bonchev–Trinajstić information content (AvgIpc) is 2.85. The van der Waals surface area contributed by atoms with Gasteiger partial charge in [0.2, 0.25) is 5.91 Å². The molecule has 2 aliphatic rings. The molecule has 1 atom stereocenters. The van der Waals surface area contributed by atoms with Crippen LogP contribution in [0.3, 0.4) is 0 Å². The predicted molar refractivity (Wildman–Crippen MR) is 82.2 cm³/mol. The monoisotopic (exact) mass is 281 g/mol. The number of unbranched alkanes of at least 4 members (excludes halogenated alkanes) is 1. The summed E-state index contributed by atoms with van der Waals surface area (Å²) >= 11 is 0. The topological polar surface area (TPSA) is 72.3 Å². The van der Waals surface area contributed by atoms with Crippen LogP contribution >= 0.6 is 0 Å². The molecule has 0 bridgehead atoms. The zero-order valence-corrected chi connectivity index (χ0v) is 13.0. The molecular weight excluding hydrogens is 250 g/mol. The Kier molecular flexibility index (Phi) is 5.08. The number of primary amides is 1. The highest BCUT2D eigenvalue weighted by Gasteiger charge is 2.36. The molecule has 2 rings (SSSR count). The third-order valence-electron chi connectivity index (χ3n) is 5.56. The fourth-order valence-electron chi connectivity index (χ4n) is 3.83. The lowest BCUT2D eigenvalue weighted by molar-refractivity contribution is -0.122. The van der Waals surface area contributed by atoms with Crippen LogP contribution in [0.1, 0.15) is 64.7 Å². The third-order valence-corrected chi connectivity index (χ3v) is 5.56. The van der Waals surface area contributed by atoms with Gasteiger partial charge >= 0.3 is 0 Å². The summed E-state index contributed by atoms with van der Waals surface area (Å²) in [7, 11) is 0. The Balaban J connectivity index is 1.61. The van der Waals surface area contributed by atoms with Crippen LogP contribution in [-0.2, 0) is 4.79 Å². The Hall–Kier alpha value is -0.610. The SMILES string of the molecule is CC(N)(CCCCN1CCC2(CCCC2)CC1)C(N)=O. The molecule has 20 heavy (non-hydrogen) atoms. The minimum Gasteiger partial charge on any atom is -0.368 e. The standard InChI is InChI=1S/C16H31N3O/c1-15(18,14(17)20)6-4-5-11-19-12-9-16(10-13-19)7-2-3-8-16/h2-13,18H2,1H3,(H2,17,20). The Bertz CT molecular complexity index is 325. The Morgan fingerprint density at radius 3 is 2.30 bits per heavy atom. The molecule has 1 unspecified atom stereocenters. The van der Waals surface area contributed by atoms with Gasteiger partial charge in [-0.2, -0.15) is 0 Å². The molecule has 1 heterocycles. The smallest absolute Gasteiger partial charge is 0.237 e. The van der Waals surface area contributed by atoms with Gasteiger partial charge in [-0.05, 0) is 76.9 Å². The zero-order chi connectivity index (χ0) is 14.6. The molecule has 4 N–H and O–H groups in total. The summed E-state index contributed by atoms with van der Waals surface area (Å²) in [5, 5.41) is 0. The molecule has 0 aromatic rings. The third kappa shape index (κ3) is 3.95. The van der Waals surface area contributed by atoms with E-state index in [4.69, 9.17) is 11.5 Å². The van der Waals surface area contributed by atoms with Gasteiger partial charge in [-0.15, -0.1) is 0 Å². The molecule has 116 valence electrons. The highest BCUT2D eigenvalue weighted by molar-refractivity contribution is 5.83. The van der Waals surface area contributed by atoms with E-state index in [-0.39, 0.29) is 0 Å². The summed E-state index contributed by atoms with van der Waals surface area (Å²) in [5.41, 5.74) is 11.0. The first-order valence-corrected chi connectivity index (χ1v) is 8.25. The largest absolute Gasteiger partial charge is 0.368 e. The second-order valence-corrected chi connectivity index (χ2v) is 7.29. The molecule has 1 spiro atoms.